The van der Waals surface area contributed by atoms with Crippen LogP contribution in [0.3, 0.4) is 0 Å². The third-order valence-corrected chi connectivity index (χ3v) is 4.63. The lowest BCUT2D eigenvalue weighted by Gasteiger charge is -2.22. The standard InChI is InChI=1S/C16H21F3N2O2S/c1-10(20-24(23)15(2,3)4)11-8-7-9-12(13(11)17)16(18,19)14(22)21(5)6/h7-9H,1-6H3/b20-10+/t24-/m1/s1. The number of nitrogens with zero attached hydrogens (tertiary/aromatic N) is 2. The van der Waals surface area contributed by atoms with Crippen LogP contribution in [-0.2, 0) is 22.1 Å². The Bertz CT molecular complexity index is 655. The van der Waals surface area contributed by atoms with E-state index in [-0.39, 0.29) is 11.3 Å². The Balaban J connectivity index is 3.37. The van der Waals surface area contributed by atoms with Gasteiger partial charge in [0, 0.05) is 19.7 Å². The van der Waals surface area contributed by atoms with Crippen molar-refractivity contribution in [2.24, 2.45) is 4.40 Å². The Hall–Kier alpha value is -1.54. The van der Waals surface area contributed by atoms with Gasteiger partial charge in [0.2, 0.25) is 0 Å². The van der Waals surface area contributed by atoms with Crippen LogP contribution in [0.2, 0.25) is 0 Å². The molecule has 0 aliphatic heterocycles. The van der Waals surface area contributed by atoms with E-state index in [0.29, 0.717) is 4.90 Å². The third-order valence-electron chi connectivity index (χ3n) is 3.15. The molecule has 0 saturated carbocycles. The van der Waals surface area contributed by atoms with Gasteiger partial charge in [-0.15, -0.1) is 0 Å². The number of carbonyl (C=O) groups excluding carboxylic acids is 1. The first kappa shape index (κ1) is 20.5. The molecule has 0 radical (unpaired) electrons. The summed E-state index contributed by atoms with van der Waals surface area (Å²) in [5.74, 6) is -6.77. The van der Waals surface area contributed by atoms with Crippen LogP contribution < -0.4 is 0 Å². The number of amides is 1. The van der Waals surface area contributed by atoms with E-state index in [1.54, 1.807) is 20.8 Å². The zero-order valence-electron chi connectivity index (χ0n) is 14.5. The van der Waals surface area contributed by atoms with Crippen molar-refractivity contribution < 1.29 is 22.5 Å². The summed E-state index contributed by atoms with van der Waals surface area (Å²) in [5, 5.41) is 0. The second kappa shape index (κ2) is 7.14. The molecule has 0 spiro atoms. The third kappa shape index (κ3) is 4.30. The summed E-state index contributed by atoms with van der Waals surface area (Å²) in [6.45, 7) is 6.46. The molecular formula is C16H21F3N2O2S. The van der Waals surface area contributed by atoms with E-state index in [0.717, 1.165) is 20.2 Å². The Morgan fingerprint density at radius 2 is 1.79 bits per heavy atom. The van der Waals surface area contributed by atoms with Crippen molar-refractivity contribution in [2.75, 3.05) is 14.1 Å². The Kier molecular flexibility index (Phi) is 6.10. The van der Waals surface area contributed by atoms with Gasteiger partial charge in [-0.25, -0.2) is 4.39 Å². The van der Waals surface area contributed by atoms with Crippen LogP contribution in [-0.4, -0.2) is 39.9 Å². The van der Waals surface area contributed by atoms with Crippen LogP contribution in [0.1, 0.15) is 38.8 Å². The summed E-state index contributed by atoms with van der Waals surface area (Å²) in [7, 11) is 2.33. The van der Waals surface area contributed by atoms with E-state index in [1.165, 1.54) is 19.1 Å². The maximum Gasteiger partial charge on any atom is 0.352 e. The van der Waals surface area contributed by atoms with Gasteiger partial charge in [-0.05, 0) is 33.8 Å². The molecule has 1 rings (SSSR count). The number of hydrogen-bond donors (Lipinski definition) is 0. The summed E-state index contributed by atoms with van der Waals surface area (Å²) < 4.78 is 58.3. The molecule has 0 fully saturated rings. The largest absolute Gasteiger partial charge is 0.591 e. The smallest absolute Gasteiger partial charge is 0.352 e. The fourth-order valence-corrected chi connectivity index (χ4v) is 2.38. The predicted molar refractivity (Wildman–Crippen MR) is 89.1 cm³/mol. The van der Waals surface area contributed by atoms with E-state index >= 15 is 0 Å². The number of rotatable bonds is 4. The fraction of sp³-hybridized carbons (Fsp3) is 0.500. The SMILES string of the molecule is C/C(=N\[S@+]([O-])C(C)(C)C)c1cccc(C(F)(F)C(=O)N(C)C)c1F. The van der Waals surface area contributed by atoms with Crippen molar-refractivity contribution in [3.8, 4) is 0 Å². The topological polar surface area (TPSA) is 55.7 Å². The van der Waals surface area contributed by atoms with Gasteiger partial charge in [0.15, 0.2) is 0 Å². The molecule has 0 N–H and O–H groups in total. The molecule has 1 aromatic carbocycles. The molecule has 1 amide bonds. The predicted octanol–water partition coefficient (Wildman–Crippen LogP) is 3.28. The van der Waals surface area contributed by atoms with Gasteiger partial charge < -0.3 is 9.45 Å². The molecule has 0 unspecified atom stereocenters. The van der Waals surface area contributed by atoms with E-state index in [1.807, 2.05) is 0 Å². The first-order valence-electron chi connectivity index (χ1n) is 7.16. The molecule has 1 aromatic rings. The molecule has 0 aromatic heterocycles. The lowest BCUT2D eigenvalue weighted by molar-refractivity contribution is -0.156. The summed E-state index contributed by atoms with van der Waals surface area (Å²) in [6, 6.07) is 3.33. The highest BCUT2D eigenvalue weighted by Gasteiger charge is 2.45. The number of hydrogen-bond acceptors (Lipinski definition) is 3. The van der Waals surface area contributed by atoms with Gasteiger partial charge in [-0.2, -0.15) is 8.78 Å². The molecule has 0 aliphatic rings. The molecule has 8 heteroatoms. The zero-order valence-corrected chi connectivity index (χ0v) is 15.3. The van der Waals surface area contributed by atoms with Gasteiger partial charge in [0.1, 0.15) is 21.9 Å². The summed E-state index contributed by atoms with van der Waals surface area (Å²) >= 11 is -1.66. The summed E-state index contributed by atoms with van der Waals surface area (Å²) in [4.78, 5) is 12.3. The first-order chi connectivity index (χ1) is 10.8. The Labute approximate surface area is 143 Å². The number of halogens is 3. The van der Waals surface area contributed by atoms with E-state index in [2.05, 4.69) is 4.40 Å². The average molecular weight is 362 g/mol. The highest BCUT2D eigenvalue weighted by atomic mass is 32.2. The first-order valence-corrected chi connectivity index (χ1v) is 8.27. The van der Waals surface area contributed by atoms with Crippen LogP contribution in [0, 0.1) is 5.82 Å². The quantitative estimate of drug-likeness (QED) is 0.610. The average Bonchev–Trinajstić information content (AvgIpc) is 2.44. The van der Waals surface area contributed by atoms with Gasteiger partial charge in [-0.3, -0.25) is 4.79 Å². The van der Waals surface area contributed by atoms with Crippen molar-refractivity contribution >= 4 is 23.0 Å². The van der Waals surface area contributed by atoms with Gasteiger partial charge in [0.25, 0.3) is 5.91 Å². The van der Waals surface area contributed by atoms with Crippen LogP contribution in [0.15, 0.2) is 22.6 Å². The molecule has 1 atom stereocenters. The minimum atomic E-state index is -4.01. The van der Waals surface area contributed by atoms with Crippen LogP contribution in [0.4, 0.5) is 13.2 Å². The highest BCUT2D eigenvalue weighted by molar-refractivity contribution is 7.91. The number of carbonyl (C=O) groups is 1. The minimum Gasteiger partial charge on any atom is -0.591 e. The molecule has 134 valence electrons. The van der Waals surface area contributed by atoms with Gasteiger partial charge >= 0.3 is 5.92 Å². The lowest BCUT2D eigenvalue weighted by Crippen LogP contribution is -2.38. The lowest BCUT2D eigenvalue weighted by atomic mass is 10.0. The van der Waals surface area contributed by atoms with Crippen LogP contribution >= 0.6 is 0 Å². The molecule has 0 aliphatic carbocycles. The van der Waals surface area contributed by atoms with E-state index in [9.17, 15) is 22.5 Å². The van der Waals surface area contributed by atoms with Crippen molar-refractivity contribution in [3.63, 3.8) is 0 Å². The summed E-state index contributed by atoms with van der Waals surface area (Å²) in [5.41, 5.74) is -1.22. The van der Waals surface area contributed by atoms with Crippen molar-refractivity contribution in [3.05, 3.63) is 35.1 Å². The monoisotopic (exact) mass is 362 g/mol. The second-order valence-electron chi connectivity index (χ2n) is 6.48. The van der Waals surface area contributed by atoms with Crippen LogP contribution in [0.5, 0.6) is 0 Å². The zero-order chi connectivity index (χ0) is 18.9. The molecule has 24 heavy (non-hydrogen) atoms. The second-order valence-corrected chi connectivity index (χ2v) is 8.38. The maximum absolute atomic E-state index is 14.6. The number of likely N-dealkylation sites (N-methyl/N-ethyl adjacent to an activating group) is 1. The Morgan fingerprint density at radius 3 is 2.25 bits per heavy atom. The van der Waals surface area contributed by atoms with Crippen molar-refractivity contribution in [1.29, 1.82) is 0 Å². The van der Waals surface area contributed by atoms with Gasteiger partial charge in [-0.1, -0.05) is 16.5 Å². The molecular weight excluding hydrogens is 341 g/mol. The normalized spacial score (nSPS) is 14.5. The minimum absolute atomic E-state index is 0.0238. The maximum atomic E-state index is 14.6. The van der Waals surface area contributed by atoms with E-state index in [4.69, 9.17) is 0 Å². The number of alkyl halides is 2. The molecule has 0 saturated heterocycles. The fourth-order valence-electron chi connectivity index (χ4n) is 1.76. The summed E-state index contributed by atoms with van der Waals surface area (Å²) in [6.07, 6.45) is 0. The van der Waals surface area contributed by atoms with Gasteiger partial charge in [0.05, 0.1) is 11.3 Å². The highest BCUT2D eigenvalue weighted by Crippen LogP contribution is 2.33. The van der Waals surface area contributed by atoms with Crippen molar-refractivity contribution in [1.82, 2.24) is 4.90 Å². The number of benzene rings is 1. The molecule has 0 heterocycles. The molecule has 0 bridgehead atoms. The van der Waals surface area contributed by atoms with Crippen molar-refractivity contribution in [2.45, 2.75) is 38.4 Å². The molecule has 4 nitrogen and oxygen atoms in total. The van der Waals surface area contributed by atoms with E-state index < -0.39 is 39.3 Å². The Morgan fingerprint density at radius 1 is 1.25 bits per heavy atom. The van der Waals surface area contributed by atoms with Crippen LogP contribution in [0.25, 0.3) is 0 Å².